The standard InChI is InChI=1S/C20H17Cl2N5OS.C20H18Cl2N4O2S.C19H16Cl2F2N4O2S.C19H18Cl2N4O3S/c1-10(27(2)6-3-5-23)15-8-12-17(25-20(24)26-19(12)29-15)16-11-4-7-28-18(11)14(22)9-13(16)21;1-9(26(2)10-7-27-8-10)15-5-12-17(24-20(23)25-19(12)29-15)16-11-3-4-28-18(11)14(22)6-13(16)21;1-19(22,23)7-27(2)17(28)12-5-9-14(25-18(24)26-16(9)30-12)13-8-3-4-29-15(8)11(21)6-10(13)20;1-19(2,27)7-23-16(26)12-5-9-14(24-18(22)25-17(9)29-12)13-8-3-4-28-15(8)11(21)6-10(13)20/h8-9H,1,3-4,6-7H2,2H3,(H2,24,25,26);5-6,10H,1,3-4,7-8H2,2H3,(H2,23,24,25);5-6H,3-4,7H2,1-2H3,(H2,24,25,26);5-6,27H,3-4,7H2,1-2H3,(H,23,26)(H2,22,24,25). The van der Waals surface area contributed by atoms with Gasteiger partial charge in [0, 0.05) is 144 Å². The number of nitrogens with one attached hydrogen (secondary N) is 1. The van der Waals surface area contributed by atoms with Gasteiger partial charge in [0.15, 0.2) is 0 Å². The SMILES string of the molecule is C=C(c1cc2c(-c3c(Cl)cc(Cl)c4c3CCO4)nc(N)nc2s1)N(C)C1COC1.C=C(c1cc2c(-c3c(Cl)cc(Cl)c4c3CCO4)nc(N)nc2s1)N(C)CCC#N.CC(C)(O)CNC(=O)c1cc2c(-c3c(Cl)cc(Cl)c4c3CCO4)nc(N)nc2s1.CN(CC(C)(F)F)C(=O)c1cc2c(-c3c(Cl)cc(Cl)c4c3CCO4)nc(N)nc2s1. The molecule has 608 valence electrons. The number of ether oxygens (including phenoxy) is 5. The topological polar surface area (TPSA) is 353 Å². The van der Waals surface area contributed by atoms with E-state index in [1.54, 1.807) is 50.2 Å². The average molecular weight is 1820 g/mol. The van der Waals surface area contributed by atoms with Crippen LogP contribution in [0, 0.1) is 11.3 Å². The zero-order valence-corrected chi connectivity index (χ0v) is 72.2. The number of likely N-dealkylation sites (N-methyl/N-ethyl adjacent to an activating group) is 1. The monoisotopic (exact) mass is 1820 g/mol. The number of hydrogen-bond acceptors (Lipinski definition) is 27. The van der Waals surface area contributed by atoms with Gasteiger partial charge in [-0.05, 0) is 62.4 Å². The van der Waals surface area contributed by atoms with Crippen molar-refractivity contribution in [2.45, 2.75) is 70.4 Å². The maximum atomic E-state index is 13.3. The number of aliphatic hydroxyl groups is 1. The highest BCUT2D eigenvalue weighted by atomic mass is 35.5. The first-order valence-corrected chi connectivity index (χ1v) is 42.1. The fourth-order valence-electron chi connectivity index (χ4n) is 13.7. The van der Waals surface area contributed by atoms with Crippen LogP contribution >= 0.6 is 138 Å². The molecule has 10 N–H and O–H groups in total. The van der Waals surface area contributed by atoms with Crippen LogP contribution in [0.2, 0.25) is 40.2 Å². The smallest absolute Gasteiger partial charge is 0.263 e. The number of nitrogen functional groups attached to an aromatic ring is 4. The molecule has 0 radical (unpaired) electrons. The third-order valence-corrected chi connectivity index (χ3v) is 25.8. The summed E-state index contributed by atoms with van der Waals surface area (Å²) in [4.78, 5) is 70.6. The van der Waals surface area contributed by atoms with Crippen LogP contribution in [0.5, 0.6) is 23.0 Å². The predicted molar refractivity (Wildman–Crippen MR) is 465 cm³/mol. The maximum Gasteiger partial charge on any atom is 0.263 e. The van der Waals surface area contributed by atoms with Gasteiger partial charge in [-0.2, -0.15) is 5.26 Å². The van der Waals surface area contributed by atoms with Crippen molar-refractivity contribution in [1.29, 1.82) is 5.26 Å². The number of carbonyl (C=O) groups is 2. The van der Waals surface area contributed by atoms with Crippen molar-refractivity contribution < 1.29 is 47.2 Å². The second-order valence-electron chi connectivity index (χ2n) is 28.3. The quantitative estimate of drug-likeness (QED) is 0.0493. The van der Waals surface area contributed by atoms with Crippen LogP contribution in [0.3, 0.4) is 0 Å². The second kappa shape index (κ2) is 34.0. The number of nitriles is 1. The van der Waals surface area contributed by atoms with E-state index in [2.05, 4.69) is 75.4 Å². The summed E-state index contributed by atoms with van der Waals surface area (Å²) in [5, 5.41) is 28.0. The number of benzene rings is 4. The predicted octanol–water partition coefficient (Wildman–Crippen LogP) is 18.1. The zero-order chi connectivity index (χ0) is 83.7. The third-order valence-electron chi connectivity index (χ3n) is 19.3. The number of fused-ring (bicyclic) bond motifs is 8. The van der Waals surface area contributed by atoms with Crippen LogP contribution in [-0.2, 0) is 30.4 Å². The number of aromatic nitrogens is 8. The molecule has 4 aromatic carbocycles. The first kappa shape index (κ1) is 84.5. The number of hydrogen-bond donors (Lipinski definition) is 6. The third kappa shape index (κ3) is 17.5. The summed E-state index contributed by atoms with van der Waals surface area (Å²) < 4.78 is 54.6. The van der Waals surface area contributed by atoms with Gasteiger partial charge < -0.3 is 71.7 Å². The van der Waals surface area contributed by atoms with E-state index in [-0.39, 0.29) is 41.1 Å². The Morgan fingerprint density at radius 1 is 0.521 bits per heavy atom. The van der Waals surface area contributed by atoms with E-state index >= 15 is 0 Å². The second-order valence-corrected chi connectivity index (χ2v) is 35.7. The van der Waals surface area contributed by atoms with Crippen molar-refractivity contribution in [2.75, 3.05) is 103 Å². The Hall–Kier alpha value is -8.95. The number of halogens is 10. The lowest BCUT2D eigenvalue weighted by Crippen LogP contribution is -2.45. The van der Waals surface area contributed by atoms with E-state index in [0.717, 1.165) is 98.1 Å². The number of nitrogens with zero attached hydrogens (tertiary/aromatic N) is 12. The Morgan fingerprint density at radius 2 is 0.846 bits per heavy atom. The minimum atomic E-state index is -3.01. The molecule has 39 heteroatoms. The number of anilines is 4. The molecule has 5 aliphatic rings. The molecule has 8 aromatic heterocycles. The molecule has 2 amide bonds. The number of nitrogens with two attached hydrogens (primary N) is 4. The van der Waals surface area contributed by atoms with Gasteiger partial charge in [0.1, 0.15) is 42.3 Å². The maximum absolute atomic E-state index is 13.3. The number of carbonyl (C=O) groups excluding carboxylic acids is 2. The average Bonchev–Trinajstić information content (AvgIpc) is 1.65. The zero-order valence-electron chi connectivity index (χ0n) is 62.9. The van der Waals surface area contributed by atoms with Gasteiger partial charge in [-0.1, -0.05) is 106 Å². The summed E-state index contributed by atoms with van der Waals surface area (Å²) in [7, 11) is 5.26. The summed E-state index contributed by atoms with van der Waals surface area (Å²) in [5.74, 6) is -0.958. The van der Waals surface area contributed by atoms with Gasteiger partial charge in [0.25, 0.3) is 17.7 Å². The van der Waals surface area contributed by atoms with Crippen LogP contribution in [0.4, 0.5) is 32.6 Å². The fraction of sp³-hybridized carbons (Fsp3) is 0.295. The molecule has 0 saturated carbocycles. The molecule has 0 bridgehead atoms. The van der Waals surface area contributed by atoms with Gasteiger partial charge in [0.2, 0.25) is 23.8 Å². The van der Waals surface area contributed by atoms with Crippen molar-refractivity contribution in [2.24, 2.45) is 0 Å². The van der Waals surface area contributed by atoms with Crippen molar-refractivity contribution in [3.63, 3.8) is 0 Å². The van der Waals surface area contributed by atoms with Gasteiger partial charge in [-0.3, -0.25) is 9.59 Å². The Bertz CT molecular complexity index is 6130. The summed E-state index contributed by atoms with van der Waals surface area (Å²) in [6.07, 6.45) is 3.05. The van der Waals surface area contributed by atoms with Crippen LogP contribution in [0.1, 0.15) is 78.5 Å². The molecule has 117 heavy (non-hydrogen) atoms. The molecule has 17 rings (SSSR count). The van der Waals surface area contributed by atoms with Crippen LogP contribution in [0.25, 0.3) is 97.3 Å². The van der Waals surface area contributed by atoms with Gasteiger partial charge in [0.05, 0.1) is 153 Å². The van der Waals surface area contributed by atoms with Gasteiger partial charge in [-0.15, -0.1) is 45.3 Å². The Kier molecular flexibility index (Phi) is 24.6. The minimum absolute atomic E-state index is 0.00507. The Morgan fingerprint density at radius 3 is 1.17 bits per heavy atom. The molecule has 13 heterocycles. The molecular formula is C78H69Cl8F2N17O8S4. The minimum Gasteiger partial charge on any atom is -0.491 e. The highest BCUT2D eigenvalue weighted by Gasteiger charge is 2.35. The molecule has 1 saturated heterocycles. The van der Waals surface area contributed by atoms with Crippen LogP contribution in [-0.4, -0.2) is 169 Å². The molecule has 5 aliphatic heterocycles. The van der Waals surface area contributed by atoms with E-state index in [4.69, 9.17) is 145 Å². The largest absolute Gasteiger partial charge is 0.491 e. The van der Waals surface area contributed by atoms with Gasteiger partial charge in [-0.25, -0.2) is 48.7 Å². The van der Waals surface area contributed by atoms with Gasteiger partial charge >= 0.3 is 0 Å². The normalized spacial score (nSPS) is 13.8. The molecule has 12 aromatic rings. The summed E-state index contributed by atoms with van der Waals surface area (Å²) in [6, 6.07) is 16.4. The highest BCUT2D eigenvalue weighted by Crippen LogP contribution is 2.52. The molecular weight excluding hydrogens is 1750 g/mol. The molecule has 0 atom stereocenters. The van der Waals surface area contributed by atoms with E-state index in [9.17, 15) is 23.5 Å². The molecule has 0 spiro atoms. The number of thiophene rings is 4. The number of alkyl halides is 2. The summed E-state index contributed by atoms with van der Waals surface area (Å²) in [5.41, 5.74) is 33.4. The van der Waals surface area contributed by atoms with E-state index in [1.807, 2.05) is 25.1 Å². The van der Waals surface area contributed by atoms with E-state index < -0.39 is 24.0 Å². The number of amides is 2. The molecule has 1 fully saturated rings. The first-order chi connectivity index (χ1) is 55.5. The van der Waals surface area contributed by atoms with Crippen LogP contribution < -0.4 is 47.2 Å². The summed E-state index contributed by atoms with van der Waals surface area (Å²) >= 11 is 56.6. The van der Waals surface area contributed by atoms with Crippen molar-refractivity contribution in [3.05, 3.63) is 144 Å². The van der Waals surface area contributed by atoms with Crippen molar-refractivity contribution in [3.8, 4) is 74.1 Å². The number of rotatable bonds is 17. The molecule has 25 nitrogen and oxygen atoms in total. The first-order valence-electron chi connectivity index (χ1n) is 35.8. The Balaban J connectivity index is 0.000000128. The van der Waals surface area contributed by atoms with Crippen molar-refractivity contribution >= 4 is 226 Å². The molecule has 0 aliphatic carbocycles. The summed E-state index contributed by atoms with van der Waals surface area (Å²) in [6.45, 7) is 15.9. The van der Waals surface area contributed by atoms with E-state index in [1.165, 1.54) is 41.1 Å². The Labute approximate surface area is 723 Å². The molecule has 0 unspecified atom stereocenters. The highest BCUT2D eigenvalue weighted by molar-refractivity contribution is 7.21. The lowest BCUT2D eigenvalue weighted by Gasteiger charge is -2.36. The fourth-order valence-corrected chi connectivity index (χ4v) is 20.4. The van der Waals surface area contributed by atoms with Crippen LogP contribution in [0.15, 0.2) is 61.7 Å². The van der Waals surface area contributed by atoms with Crippen molar-refractivity contribution in [1.82, 2.24) is 59.9 Å². The van der Waals surface area contributed by atoms with E-state index in [0.29, 0.717) is 207 Å². The lowest BCUT2D eigenvalue weighted by molar-refractivity contribution is -0.0375. The lowest BCUT2D eigenvalue weighted by atomic mass is 10.00.